The minimum atomic E-state index is 0.326. The van der Waals surface area contributed by atoms with E-state index in [0.29, 0.717) is 11.8 Å². The second-order valence-electron chi connectivity index (χ2n) is 4.72. The van der Waals surface area contributed by atoms with Crippen molar-refractivity contribution >= 4 is 10.8 Å². The van der Waals surface area contributed by atoms with Crippen LogP contribution in [0.4, 0.5) is 0 Å². The van der Waals surface area contributed by atoms with Crippen LogP contribution in [-0.4, -0.2) is 17.7 Å². The molecular formula is C15H19NO. The van der Waals surface area contributed by atoms with Crippen molar-refractivity contribution in [2.75, 3.05) is 6.54 Å². The van der Waals surface area contributed by atoms with Crippen molar-refractivity contribution < 1.29 is 5.11 Å². The predicted octanol–water partition coefficient (Wildman–Crippen LogP) is 3.09. The van der Waals surface area contributed by atoms with Crippen LogP contribution in [0.1, 0.15) is 19.4 Å². The molecule has 0 saturated heterocycles. The van der Waals surface area contributed by atoms with Gasteiger partial charge in [0.25, 0.3) is 0 Å². The summed E-state index contributed by atoms with van der Waals surface area (Å²) in [6, 6.07) is 12.4. The zero-order valence-electron chi connectivity index (χ0n) is 10.4. The second-order valence-corrected chi connectivity index (χ2v) is 4.72. The number of nitrogens with one attached hydrogen (secondary N) is 1. The van der Waals surface area contributed by atoms with Gasteiger partial charge in [-0.05, 0) is 41.4 Å². The summed E-state index contributed by atoms with van der Waals surface area (Å²) in [5.74, 6) is 0.326. The number of rotatable bonds is 4. The first kappa shape index (κ1) is 11.9. The monoisotopic (exact) mass is 229 g/mol. The van der Waals surface area contributed by atoms with Gasteiger partial charge in [0.1, 0.15) is 5.75 Å². The molecule has 0 bridgehead atoms. The van der Waals surface area contributed by atoms with Crippen LogP contribution >= 0.6 is 0 Å². The molecule has 0 unspecified atom stereocenters. The van der Waals surface area contributed by atoms with Crippen LogP contribution in [-0.2, 0) is 6.42 Å². The number of phenols is 1. The fraction of sp³-hybridized carbons (Fsp3) is 0.333. The molecule has 0 spiro atoms. The summed E-state index contributed by atoms with van der Waals surface area (Å²) >= 11 is 0. The van der Waals surface area contributed by atoms with E-state index < -0.39 is 0 Å². The van der Waals surface area contributed by atoms with Crippen molar-refractivity contribution in [1.82, 2.24) is 5.32 Å². The largest absolute Gasteiger partial charge is 0.508 e. The van der Waals surface area contributed by atoms with Crippen molar-refractivity contribution in [3.63, 3.8) is 0 Å². The maximum absolute atomic E-state index is 9.39. The lowest BCUT2D eigenvalue weighted by Gasteiger charge is -2.08. The van der Waals surface area contributed by atoms with E-state index >= 15 is 0 Å². The molecule has 17 heavy (non-hydrogen) atoms. The Morgan fingerprint density at radius 3 is 2.53 bits per heavy atom. The summed E-state index contributed by atoms with van der Waals surface area (Å²) in [7, 11) is 0. The minimum absolute atomic E-state index is 0.326. The molecule has 0 aliphatic rings. The Balaban J connectivity index is 2.12. The fourth-order valence-corrected chi connectivity index (χ4v) is 1.94. The maximum atomic E-state index is 9.39. The number of aromatic hydroxyl groups is 1. The van der Waals surface area contributed by atoms with Crippen LogP contribution in [0.5, 0.6) is 5.75 Å². The Bertz CT molecular complexity index is 505. The molecule has 90 valence electrons. The lowest BCUT2D eigenvalue weighted by atomic mass is 10.0. The highest BCUT2D eigenvalue weighted by Crippen LogP contribution is 2.21. The van der Waals surface area contributed by atoms with Crippen LogP contribution in [0.25, 0.3) is 10.8 Å². The molecule has 0 amide bonds. The quantitative estimate of drug-likeness (QED) is 0.844. The molecule has 0 fully saturated rings. The molecule has 0 aliphatic heterocycles. The van der Waals surface area contributed by atoms with Crippen molar-refractivity contribution in [2.24, 2.45) is 0 Å². The third kappa shape index (κ3) is 3.21. The molecule has 0 saturated carbocycles. The zero-order valence-corrected chi connectivity index (χ0v) is 10.4. The first-order chi connectivity index (χ1) is 8.15. The van der Waals surface area contributed by atoms with Crippen molar-refractivity contribution in [3.05, 3.63) is 42.0 Å². The van der Waals surface area contributed by atoms with E-state index in [2.05, 4.69) is 37.4 Å². The highest BCUT2D eigenvalue weighted by molar-refractivity contribution is 5.84. The third-order valence-corrected chi connectivity index (χ3v) is 2.85. The normalized spacial score (nSPS) is 11.2. The van der Waals surface area contributed by atoms with Gasteiger partial charge in [0, 0.05) is 6.04 Å². The molecule has 2 N–H and O–H groups in total. The SMILES string of the molecule is CC(C)NCCc1ccc2cc(O)ccc2c1. The second kappa shape index (κ2) is 5.19. The van der Waals surface area contributed by atoms with Gasteiger partial charge in [0.2, 0.25) is 0 Å². The molecule has 0 aromatic heterocycles. The molecule has 0 radical (unpaired) electrons. The van der Waals surface area contributed by atoms with E-state index in [0.717, 1.165) is 18.4 Å². The Hall–Kier alpha value is -1.54. The lowest BCUT2D eigenvalue weighted by molar-refractivity contribution is 0.476. The Kier molecular flexibility index (Phi) is 3.64. The van der Waals surface area contributed by atoms with Gasteiger partial charge in [0.05, 0.1) is 0 Å². The van der Waals surface area contributed by atoms with E-state index in [-0.39, 0.29) is 0 Å². The van der Waals surface area contributed by atoms with E-state index in [1.165, 1.54) is 10.9 Å². The Labute approximate surface area is 102 Å². The summed E-state index contributed by atoms with van der Waals surface area (Å²) in [6.45, 7) is 5.31. The number of fused-ring (bicyclic) bond motifs is 1. The van der Waals surface area contributed by atoms with E-state index in [1.54, 1.807) is 12.1 Å². The van der Waals surface area contributed by atoms with Crippen molar-refractivity contribution in [2.45, 2.75) is 26.3 Å². The summed E-state index contributed by atoms with van der Waals surface area (Å²) in [5, 5.41) is 15.1. The average molecular weight is 229 g/mol. The van der Waals surface area contributed by atoms with Crippen molar-refractivity contribution in [1.29, 1.82) is 0 Å². The summed E-state index contributed by atoms with van der Waals surface area (Å²) in [4.78, 5) is 0. The van der Waals surface area contributed by atoms with Gasteiger partial charge in [-0.3, -0.25) is 0 Å². The zero-order chi connectivity index (χ0) is 12.3. The summed E-state index contributed by atoms with van der Waals surface area (Å²) in [6.07, 6.45) is 1.04. The first-order valence-electron chi connectivity index (χ1n) is 6.10. The van der Waals surface area contributed by atoms with Gasteiger partial charge in [-0.2, -0.15) is 0 Å². The molecule has 0 atom stereocenters. The smallest absolute Gasteiger partial charge is 0.116 e. The van der Waals surface area contributed by atoms with E-state index in [9.17, 15) is 5.11 Å². The standard InChI is InChI=1S/C15H19NO/c1-11(2)16-8-7-12-3-4-14-10-15(17)6-5-13(14)9-12/h3-6,9-11,16-17H,7-8H2,1-2H3. The maximum Gasteiger partial charge on any atom is 0.116 e. The molecule has 2 rings (SSSR count). The highest BCUT2D eigenvalue weighted by atomic mass is 16.3. The molecule has 2 heteroatoms. The van der Waals surface area contributed by atoms with Gasteiger partial charge >= 0.3 is 0 Å². The van der Waals surface area contributed by atoms with Gasteiger partial charge in [-0.1, -0.05) is 38.1 Å². The molecule has 2 aromatic carbocycles. The van der Waals surface area contributed by atoms with Crippen LogP contribution in [0.15, 0.2) is 36.4 Å². The van der Waals surface area contributed by atoms with E-state index in [1.807, 2.05) is 6.07 Å². The number of benzene rings is 2. The van der Waals surface area contributed by atoms with Crippen LogP contribution in [0.3, 0.4) is 0 Å². The number of hydrogen-bond acceptors (Lipinski definition) is 2. The van der Waals surface area contributed by atoms with E-state index in [4.69, 9.17) is 0 Å². The summed E-state index contributed by atoms with van der Waals surface area (Å²) in [5.41, 5.74) is 1.33. The Morgan fingerprint density at radius 1 is 1.06 bits per heavy atom. The Morgan fingerprint density at radius 2 is 1.76 bits per heavy atom. The lowest BCUT2D eigenvalue weighted by Crippen LogP contribution is -2.24. The predicted molar refractivity (Wildman–Crippen MR) is 72.5 cm³/mol. The minimum Gasteiger partial charge on any atom is -0.508 e. The van der Waals surface area contributed by atoms with Crippen LogP contribution in [0, 0.1) is 0 Å². The average Bonchev–Trinajstić information content (AvgIpc) is 2.29. The number of hydrogen-bond donors (Lipinski definition) is 2. The summed E-state index contributed by atoms with van der Waals surface area (Å²) < 4.78 is 0. The van der Waals surface area contributed by atoms with Crippen molar-refractivity contribution in [3.8, 4) is 5.75 Å². The van der Waals surface area contributed by atoms with Crippen LogP contribution in [0.2, 0.25) is 0 Å². The topological polar surface area (TPSA) is 32.3 Å². The number of phenolic OH excluding ortho intramolecular Hbond substituents is 1. The highest BCUT2D eigenvalue weighted by Gasteiger charge is 1.99. The third-order valence-electron chi connectivity index (χ3n) is 2.85. The molecule has 0 heterocycles. The fourth-order valence-electron chi connectivity index (χ4n) is 1.94. The first-order valence-corrected chi connectivity index (χ1v) is 6.10. The molecule has 2 aromatic rings. The molecule has 0 aliphatic carbocycles. The van der Waals surface area contributed by atoms with Gasteiger partial charge in [0.15, 0.2) is 0 Å². The van der Waals surface area contributed by atoms with Gasteiger partial charge < -0.3 is 10.4 Å². The van der Waals surface area contributed by atoms with Crippen LogP contribution < -0.4 is 5.32 Å². The van der Waals surface area contributed by atoms with Gasteiger partial charge in [-0.15, -0.1) is 0 Å². The molecule has 2 nitrogen and oxygen atoms in total. The molecular weight excluding hydrogens is 210 g/mol. The van der Waals surface area contributed by atoms with Gasteiger partial charge in [-0.25, -0.2) is 0 Å².